The molecule has 8 unspecified atom stereocenters. The highest BCUT2D eigenvalue weighted by atomic mass is 16.6. The Morgan fingerprint density at radius 1 is 0.533 bits per heavy atom. The maximum atomic E-state index is 11.5. The second-order valence-corrected chi connectivity index (χ2v) is 9.37. The Bertz CT molecular complexity index is 870. The molecule has 6 aliphatic rings. The second-order valence-electron chi connectivity index (χ2n) is 9.37. The van der Waals surface area contributed by atoms with E-state index < -0.39 is 0 Å². The number of carbonyl (C=O) groups excluding carboxylic acids is 4. The highest BCUT2D eigenvalue weighted by molar-refractivity contribution is 6.00. The predicted molar refractivity (Wildman–Crippen MR) is 105 cm³/mol. The molecule has 0 aromatic carbocycles. The van der Waals surface area contributed by atoms with E-state index in [0.717, 1.165) is 0 Å². The lowest BCUT2D eigenvalue weighted by Crippen LogP contribution is -2.21. The first kappa shape index (κ1) is 19.2. The van der Waals surface area contributed by atoms with Gasteiger partial charge in [-0.25, -0.2) is 0 Å². The quantitative estimate of drug-likeness (QED) is 0.348. The van der Waals surface area contributed by atoms with Gasteiger partial charge in [0, 0.05) is 23.7 Å². The van der Waals surface area contributed by atoms with Gasteiger partial charge in [-0.3, -0.25) is 19.2 Å². The van der Waals surface area contributed by atoms with Gasteiger partial charge < -0.3 is 9.47 Å². The topological polar surface area (TPSA) is 86.7 Å². The summed E-state index contributed by atoms with van der Waals surface area (Å²) in [5.41, 5.74) is 4.97. The molecule has 6 nitrogen and oxygen atoms in total. The largest absolute Gasteiger partial charge is 0.393 e. The molecule has 2 heterocycles. The van der Waals surface area contributed by atoms with Crippen molar-refractivity contribution in [3.63, 3.8) is 0 Å². The van der Waals surface area contributed by atoms with Crippen LogP contribution in [-0.2, 0) is 28.7 Å². The van der Waals surface area contributed by atoms with Crippen LogP contribution in [-0.4, -0.2) is 23.9 Å². The Kier molecular flexibility index (Phi) is 4.08. The van der Waals surface area contributed by atoms with Gasteiger partial charge in [0.25, 0.3) is 0 Å². The summed E-state index contributed by atoms with van der Waals surface area (Å²) in [6, 6.07) is 0. The van der Waals surface area contributed by atoms with E-state index in [1.54, 1.807) is 0 Å². The third-order valence-corrected chi connectivity index (χ3v) is 7.46. The van der Waals surface area contributed by atoms with Gasteiger partial charge in [0.05, 0.1) is 23.7 Å². The summed E-state index contributed by atoms with van der Waals surface area (Å²) in [6.07, 6.45) is 8.20. The minimum Gasteiger partial charge on any atom is -0.393 e. The molecule has 30 heavy (non-hydrogen) atoms. The number of hydrogen-bond donors (Lipinski definition) is 0. The molecule has 0 aromatic rings. The zero-order chi connectivity index (χ0) is 21.5. The van der Waals surface area contributed by atoms with Crippen LogP contribution in [0.5, 0.6) is 0 Å². The third kappa shape index (κ3) is 2.36. The van der Waals surface area contributed by atoms with Crippen LogP contribution < -0.4 is 0 Å². The molecular weight excluding hydrogens is 384 g/mol. The van der Waals surface area contributed by atoms with Gasteiger partial charge in [0.1, 0.15) is 0 Å². The summed E-state index contributed by atoms with van der Waals surface area (Å²) in [4.78, 5) is 46.1. The minimum absolute atomic E-state index is 0.115. The van der Waals surface area contributed by atoms with E-state index in [9.17, 15) is 19.2 Å². The Labute approximate surface area is 174 Å². The number of esters is 4. The number of hydrogen-bond acceptors (Lipinski definition) is 6. The van der Waals surface area contributed by atoms with Crippen LogP contribution in [0.1, 0.15) is 27.7 Å². The van der Waals surface area contributed by atoms with Crippen molar-refractivity contribution < 1.29 is 28.7 Å². The molecule has 0 N–H and O–H groups in total. The van der Waals surface area contributed by atoms with Gasteiger partial charge in [-0.05, 0) is 27.7 Å². The Morgan fingerprint density at radius 3 is 0.967 bits per heavy atom. The first-order valence-corrected chi connectivity index (χ1v) is 10.4. The average Bonchev–Trinajstić information content (AvgIpc) is 3.47. The summed E-state index contributed by atoms with van der Waals surface area (Å²) >= 11 is 0. The molecule has 4 fully saturated rings. The van der Waals surface area contributed by atoms with E-state index in [-0.39, 0.29) is 71.2 Å². The van der Waals surface area contributed by atoms with Crippen molar-refractivity contribution in [2.45, 2.75) is 27.7 Å². The number of allylic oxidation sites excluding steroid dienone is 8. The van der Waals surface area contributed by atoms with Crippen LogP contribution in [0.3, 0.4) is 0 Å². The molecule has 156 valence electrons. The zero-order valence-corrected chi connectivity index (χ0v) is 17.4. The van der Waals surface area contributed by atoms with E-state index in [1.165, 1.54) is 22.3 Å². The lowest BCUT2D eigenvalue weighted by Gasteiger charge is -2.11. The minimum atomic E-state index is -0.333. The molecule has 2 saturated carbocycles. The normalized spacial score (nSPS) is 41.1. The number of fused-ring (bicyclic) bond motifs is 10. The van der Waals surface area contributed by atoms with Crippen molar-refractivity contribution in [3.8, 4) is 0 Å². The number of rotatable bonds is 0. The summed E-state index contributed by atoms with van der Waals surface area (Å²) < 4.78 is 9.39. The van der Waals surface area contributed by atoms with Crippen LogP contribution >= 0.6 is 0 Å². The van der Waals surface area contributed by atoms with E-state index in [2.05, 4.69) is 0 Å². The predicted octanol–water partition coefficient (Wildman–Crippen LogP) is 2.91. The van der Waals surface area contributed by atoms with Crippen molar-refractivity contribution in [1.29, 1.82) is 0 Å². The molecule has 0 radical (unpaired) electrons. The van der Waals surface area contributed by atoms with Crippen molar-refractivity contribution in [2.24, 2.45) is 47.3 Å². The van der Waals surface area contributed by atoms with Crippen molar-refractivity contribution in [1.82, 2.24) is 0 Å². The van der Waals surface area contributed by atoms with Crippen molar-refractivity contribution in [2.75, 3.05) is 0 Å². The SMILES string of the molecule is CC(C)=C1C2C=CC1C1C(=O)OC(=O)C21.CC(C)=C1C2C=CC1C1C(=O)OC(=O)C21. The third-order valence-electron chi connectivity index (χ3n) is 7.46. The summed E-state index contributed by atoms with van der Waals surface area (Å²) in [5.74, 6) is -1.83. The average molecular weight is 408 g/mol. The summed E-state index contributed by atoms with van der Waals surface area (Å²) in [7, 11) is 0. The fraction of sp³-hybridized carbons (Fsp3) is 0.500. The second kappa shape index (κ2) is 6.37. The molecule has 8 atom stereocenters. The van der Waals surface area contributed by atoms with E-state index in [4.69, 9.17) is 9.47 Å². The van der Waals surface area contributed by atoms with Crippen LogP contribution in [0.2, 0.25) is 0 Å². The maximum absolute atomic E-state index is 11.5. The molecular formula is C24H24O6. The van der Waals surface area contributed by atoms with Crippen LogP contribution in [0.15, 0.2) is 46.6 Å². The number of cyclic esters (lactones) is 4. The first-order valence-electron chi connectivity index (χ1n) is 10.4. The Hall–Kier alpha value is -2.76. The summed E-state index contributed by atoms with van der Waals surface area (Å²) in [6.45, 7) is 8.16. The molecule has 4 bridgehead atoms. The van der Waals surface area contributed by atoms with E-state index in [1.807, 2.05) is 52.0 Å². The molecule has 2 aliphatic heterocycles. The highest BCUT2D eigenvalue weighted by Crippen LogP contribution is 2.57. The zero-order valence-electron chi connectivity index (χ0n) is 17.4. The van der Waals surface area contributed by atoms with Gasteiger partial charge in [0.2, 0.25) is 0 Å². The van der Waals surface area contributed by atoms with Gasteiger partial charge in [-0.2, -0.15) is 0 Å². The molecule has 2 saturated heterocycles. The summed E-state index contributed by atoms with van der Waals surface area (Å²) in [5, 5.41) is 0. The maximum Gasteiger partial charge on any atom is 0.318 e. The van der Waals surface area contributed by atoms with Gasteiger partial charge >= 0.3 is 23.9 Å². The monoisotopic (exact) mass is 408 g/mol. The number of ether oxygens (including phenoxy) is 2. The van der Waals surface area contributed by atoms with Crippen LogP contribution in [0.25, 0.3) is 0 Å². The molecule has 0 aromatic heterocycles. The fourth-order valence-corrected chi connectivity index (χ4v) is 6.46. The first-order chi connectivity index (χ1) is 14.2. The van der Waals surface area contributed by atoms with Crippen LogP contribution in [0.4, 0.5) is 0 Å². The van der Waals surface area contributed by atoms with Crippen LogP contribution in [0, 0.1) is 47.3 Å². The Morgan fingerprint density at radius 2 is 0.767 bits per heavy atom. The molecule has 6 heteroatoms. The lowest BCUT2D eigenvalue weighted by molar-refractivity contribution is -0.156. The molecule has 6 rings (SSSR count). The lowest BCUT2D eigenvalue weighted by atomic mass is 9.85. The van der Waals surface area contributed by atoms with Crippen molar-refractivity contribution in [3.05, 3.63) is 46.6 Å². The van der Waals surface area contributed by atoms with E-state index in [0.29, 0.717) is 0 Å². The number of carbonyl (C=O) groups is 4. The highest BCUT2D eigenvalue weighted by Gasteiger charge is 2.61. The molecule has 4 aliphatic carbocycles. The van der Waals surface area contributed by atoms with E-state index >= 15 is 0 Å². The van der Waals surface area contributed by atoms with Gasteiger partial charge in [0.15, 0.2) is 0 Å². The van der Waals surface area contributed by atoms with Crippen molar-refractivity contribution >= 4 is 23.9 Å². The Balaban J connectivity index is 0.000000128. The molecule has 0 amide bonds. The van der Waals surface area contributed by atoms with Gasteiger partial charge in [-0.15, -0.1) is 0 Å². The fourth-order valence-electron chi connectivity index (χ4n) is 6.46. The molecule has 0 spiro atoms. The van der Waals surface area contributed by atoms with Gasteiger partial charge in [-0.1, -0.05) is 46.6 Å². The standard InChI is InChI=1S/2C12H12O3/c2*1-5(2)8-6-3-4-7(8)10-9(6)11(13)15-12(10)14/h2*3-4,6-7,9-10H,1-2H3. The smallest absolute Gasteiger partial charge is 0.318 e.